The van der Waals surface area contributed by atoms with Crippen LogP contribution in [0.5, 0.6) is 0 Å². The fraction of sp³-hybridized carbons (Fsp3) is 0. The molecule has 0 saturated heterocycles. The summed E-state index contributed by atoms with van der Waals surface area (Å²) in [5, 5.41) is 0. The molecule has 0 spiro atoms. The topological polar surface area (TPSA) is 80.9 Å². The standard InChI is InChI=1S/4H2O.Pt.Ti.Zr/h4*1H2;;;/q;;;;;+4;/p-4. The Morgan fingerprint density at radius 3 is 0.857 bits per heavy atom. The smallest absolute Gasteiger partial charge is 0 e. The molecule has 0 aliphatic rings. The van der Waals surface area contributed by atoms with Crippen LogP contribution < -0.4 is 0 Å². The molecule has 0 aromatic carbocycles. The largest absolute Gasteiger partial charge is 0 e. The molecule has 0 atom stereocenters. The molecule has 0 saturated carbocycles. The molecule has 4 nitrogen and oxygen atoms in total. The van der Waals surface area contributed by atoms with Gasteiger partial charge in [-0.05, 0) is 0 Å². The van der Waals surface area contributed by atoms with Gasteiger partial charge >= 0.3 is 32.9 Å². The van der Waals surface area contributed by atoms with Crippen LogP contribution in [0.25, 0.3) is 0 Å². The summed E-state index contributed by atoms with van der Waals surface area (Å²) in [7, 11) is 0. The molecule has 0 rings (SSSR count). The summed E-state index contributed by atoms with van der Waals surface area (Å²) in [4.78, 5) is 0. The first-order valence-electron chi connectivity index (χ1n) is 0.894. The van der Waals surface area contributed by atoms with Crippen molar-refractivity contribution in [3.05, 3.63) is 0 Å². The molecule has 0 heterocycles. The van der Waals surface area contributed by atoms with Gasteiger partial charge in [0.25, 0.3) is 0 Å². The van der Waals surface area contributed by atoms with Crippen molar-refractivity contribution in [2.75, 3.05) is 0 Å². The van der Waals surface area contributed by atoms with E-state index in [0.717, 1.165) is 0 Å². The van der Waals surface area contributed by atoms with Crippen LogP contribution in [-0.2, 0) is 65.4 Å². The summed E-state index contributed by atoms with van der Waals surface area (Å²) in [5.74, 6) is 0. The molecule has 7 heavy (non-hydrogen) atoms. The SMILES string of the molecule is [OH][Ti]([OH])([OH])[OH].[Pt].[Zr]. The van der Waals surface area contributed by atoms with Crippen molar-refractivity contribution in [2.24, 2.45) is 0 Å². The zero-order chi connectivity index (χ0) is 4.50. The minimum absolute atomic E-state index is 0. The molecule has 0 bridgehead atoms. The molecule has 46 valence electrons. The van der Waals surface area contributed by atoms with Gasteiger partial charge in [0.1, 0.15) is 0 Å². The van der Waals surface area contributed by atoms with Gasteiger partial charge in [0.15, 0.2) is 0 Å². The first-order valence-corrected chi connectivity index (χ1v) is 3.69. The van der Waals surface area contributed by atoms with Crippen LogP contribution in [-0.4, -0.2) is 14.8 Å². The van der Waals surface area contributed by atoms with E-state index in [1.807, 2.05) is 0 Å². The van der Waals surface area contributed by atoms with Gasteiger partial charge < -0.3 is 0 Å². The van der Waals surface area contributed by atoms with Gasteiger partial charge in [0, 0.05) is 47.3 Å². The maximum Gasteiger partial charge on any atom is 0 e. The van der Waals surface area contributed by atoms with Crippen molar-refractivity contribution in [3.63, 3.8) is 0 Å². The van der Waals surface area contributed by atoms with E-state index in [4.69, 9.17) is 14.8 Å². The Morgan fingerprint density at radius 1 is 0.857 bits per heavy atom. The fourth-order valence-corrected chi connectivity index (χ4v) is 0. The van der Waals surface area contributed by atoms with E-state index in [2.05, 4.69) is 0 Å². The average molecular weight is 402 g/mol. The van der Waals surface area contributed by atoms with Crippen molar-refractivity contribution in [2.45, 2.75) is 0 Å². The van der Waals surface area contributed by atoms with Crippen LogP contribution in [0.4, 0.5) is 0 Å². The molecule has 0 aliphatic carbocycles. The minimum atomic E-state index is -5.00. The van der Waals surface area contributed by atoms with Crippen molar-refractivity contribution >= 4 is 0 Å². The second-order valence-corrected chi connectivity index (χ2v) is 2.47. The van der Waals surface area contributed by atoms with E-state index in [1.165, 1.54) is 0 Å². The fourth-order valence-electron chi connectivity index (χ4n) is 0. The average Bonchev–Trinajstić information content (AvgIpc) is 0.722. The maximum atomic E-state index is 7.38. The van der Waals surface area contributed by atoms with Gasteiger partial charge in [-0.1, -0.05) is 0 Å². The minimum Gasteiger partial charge on any atom is 0 e. The molecular weight excluding hydrogens is 398 g/mol. The van der Waals surface area contributed by atoms with Crippen molar-refractivity contribution in [1.29, 1.82) is 0 Å². The van der Waals surface area contributed by atoms with E-state index in [9.17, 15) is 0 Å². The molecular formula is H4O4PtTiZr. The van der Waals surface area contributed by atoms with Gasteiger partial charge in [-0.2, -0.15) is 0 Å². The third-order valence-corrected chi connectivity index (χ3v) is 0. The maximum absolute atomic E-state index is 7.38. The van der Waals surface area contributed by atoms with Gasteiger partial charge in [0.2, 0.25) is 0 Å². The Bertz CT molecular complexity index is 27.2. The Labute approximate surface area is 79.2 Å². The van der Waals surface area contributed by atoms with Gasteiger partial charge in [-0.3, -0.25) is 0 Å². The first-order chi connectivity index (χ1) is 2.00. The summed E-state index contributed by atoms with van der Waals surface area (Å²) >= 11 is -5.00. The van der Waals surface area contributed by atoms with E-state index in [1.54, 1.807) is 0 Å². The normalized spacial score (nSPS) is 8.57. The van der Waals surface area contributed by atoms with Crippen molar-refractivity contribution in [1.82, 2.24) is 0 Å². The zero-order valence-electron chi connectivity index (χ0n) is 3.11. The van der Waals surface area contributed by atoms with Crippen LogP contribution in [0.1, 0.15) is 0 Å². The molecule has 7 heteroatoms. The molecule has 0 radical (unpaired) electrons. The summed E-state index contributed by atoms with van der Waals surface area (Å²) < 4.78 is 29.5. The van der Waals surface area contributed by atoms with Gasteiger partial charge in [-0.25, -0.2) is 0 Å². The van der Waals surface area contributed by atoms with E-state index < -0.39 is 18.1 Å². The van der Waals surface area contributed by atoms with Crippen LogP contribution in [0, 0.1) is 0 Å². The second-order valence-electron chi connectivity index (χ2n) is 0.600. The number of hydrogen-bond donors (Lipinski definition) is 4. The summed E-state index contributed by atoms with van der Waals surface area (Å²) in [6.07, 6.45) is 0. The molecule has 0 aromatic heterocycles. The number of hydrogen-bond acceptors (Lipinski definition) is 4. The Balaban J connectivity index is -0.0000000800. The molecule has 0 amide bonds. The molecule has 0 unspecified atom stereocenters. The monoisotopic (exact) mass is 401 g/mol. The molecule has 0 aliphatic heterocycles. The zero-order valence-corrected chi connectivity index (χ0v) is 9.40. The number of rotatable bonds is 0. The predicted octanol–water partition coefficient (Wildman–Crippen LogP) is -2.24. The first kappa shape index (κ1) is 16.1. The van der Waals surface area contributed by atoms with E-state index in [0.29, 0.717) is 0 Å². The molecule has 0 aromatic rings. The third kappa shape index (κ3) is 67.5. The molecule has 4 N–H and O–H groups in total. The van der Waals surface area contributed by atoms with E-state index in [-0.39, 0.29) is 47.3 Å². The van der Waals surface area contributed by atoms with Crippen LogP contribution >= 0.6 is 0 Å². The second kappa shape index (κ2) is 6.25. The van der Waals surface area contributed by atoms with Gasteiger partial charge in [-0.15, -0.1) is 0 Å². The van der Waals surface area contributed by atoms with Crippen molar-refractivity contribution < 1.29 is 80.2 Å². The molecule has 0 fully saturated rings. The quantitative estimate of drug-likeness (QED) is 0.346. The van der Waals surface area contributed by atoms with Crippen LogP contribution in [0.15, 0.2) is 0 Å². The van der Waals surface area contributed by atoms with Crippen LogP contribution in [0.3, 0.4) is 0 Å². The predicted molar refractivity (Wildman–Crippen MR) is 8.88 cm³/mol. The summed E-state index contributed by atoms with van der Waals surface area (Å²) in [6.45, 7) is 0. The summed E-state index contributed by atoms with van der Waals surface area (Å²) in [6, 6.07) is 0. The Hall–Kier alpha value is 2.13. The third-order valence-electron chi connectivity index (χ3n) is 0. The summed E-state index contributed by atoms with van der Waals surface area (Å²) in [5.41, 5.74) is 0. The van der Waals surface area contributed by atoms with E-state index >= 15 is 0 Å². The van der Waals surface area contributed by atoms with Crippen molar-refractivity contribution in [3.8, 4) is 0 Å². The van der Waals surface area contributed by atoms with Crippen LogP contribution in [0.2, 0.25) is 0 Å². The Kier molecular flexibility index (Phi) is 14.3. The van der Waals surface area contributed by atoms with Gasteiger partial charge in [0.05, 0.1) is 0 Å². The Morgan fingerprint density at radius 2 is 0.857 bits per heavy atom.